The quantitative estimate of drug-likeness (QED) is 0.853. The van der Waals surface area contributed by atoms with Crippen LogP contribution in [0.3, 0.4) is 0 Å². The van der Waals surface area contributed by atoms with Gasteiger partial charge in [-0.3, -0.25) is 9.59 Å². The zero-order valence-corrected chi connectivity index (χ0v) is 15.8. The fourth-order valence-electron chi connectivity index (χ4n) is 3.40. The summed E-state index contributed by atoms with van der Waals surface area (Å²) < 4.78 is 0. The average Bonchev–Trinajstić information content (AvgIpc) is 2.72. The van der Waals surface area contributed by atoms with E-state index in [0.717, 1.165) is 37.3 Å². The number of carbonyl (C=O) groups excluding carboxylic acids is 2. The summed E-state index contributed by atoms with van der Waals surface area (Å²) in [4.78, 5) is 28.9. The second-order valence-electron chi connectivity index (χ2n) is 7.04. The van der Waals surface area contributed by atoms with Crippen LogP contribution in [0, 0.1) is 0 Å². The van der Waals surface area contributed by atoms with E-state index in [1.165, 1.54) is 0 Å². The van der Waals surface area contributed by atoms with E-state index in [-0.39, 0.29) is 24.3 Å². The molecule has 27 heavy (non-hydrogen) atoms. The molecule has 142 valence electrons. The molecule has 0 radical (unpaired) electrons. The van der Waals surface area contributed by atoms with Crippen molar-refractivity contribution in [3.05, 3.63) is 71.8 Å². The maximum absolute atomic E-state index is 12.5. The largest absolute Gasteiger partial charge is 0.347 e. The maximum Gasteiger partial charge on any atom is 0.242 e. The molecule has 1 heterocycles. The molecule has 2 aromatic rings. The van der Waals surface area contributed by atoms with Crippen LogP contribution < -0.4 is 5.32 Å². The van der Waals surface area contributed by atoms with Crippen molar-refractivity contribution in [3.63, 3.8) is 0 Å². The Labute approximate surface area is 161 Å². The smallest absolute Gasteiger partial charge is 0.242 e. The summed E-state index contributed by atoms with van der Waals surface area (Å²) in [5, 5.41) is 2.82. The highest BCUT2D eigenvalue weighted by Crippen LogP contribution is 2.27. The lowest BCUT2D eigenvalue weighted by molar-refractivity contribution is -0.134. The van der Waals surface area contributed by atoms with Crippen LogP contribution in [0.5, 0.6) is 0 Å². The Morgan fingerprint density at radius 1 is 0.889 bits per heavy atom. The summed E-state index contributed by atoms with van der Waals surface area (Å²) in [5.41, 5.74) is 2.20. The fraction of sp³-hybridized carbons (Fsp3) is 0.364. The molecular weight excluding hydrogens is 338 g/mol. The Balaban J connectivity index is 1.59. The van der Waals surface area contributed by atoms with E-state index in [1.807, 2.05) is 65.6 Å². The van der Waals surface area contributed by atoms with Crippen molar-refractivity contribution in [1.29, 1.82) is 0 Å². The molecule has 3 rings (SSSR count). The lowest BCUT2D eigenvalue weighted by atomic mass is 9.88. The molecule has 2 amide bonds. The number of benzene rings is 2. The van der Waals surface area contributed by atoms with Crippen LogP contribution >= 0.6 is 0 Å². The van der Waals surface area contributed by atoms with Crippen LogP contribution in [0.4, 0.5) is 0 Å². The molecule has 0 aliphatic carbocycles. The predicted molar refractivity (Wildman–Crippen MR) is 106 cm³/mol. The minimum Gasteiger partial charge on any atom is -0.347 e. The first-order chi connectivity index (χ1) is 13.1. The van der Waals surface area contributed by atoms with Gasteiger partial charge in [0.15, 0.2) is 0 Å². The van der Waals surface area contributed by atoms with Crippen LogP contribution in [-0.2, 0) is 9.59 Å². The maximum atomic E-state index is 12.5. The van der Waals surface area contributed by atoms with E-state index in [9.17, 15) is 9.59 Å². The van der Waals surface area contributed by atoms with Crippen LogP contribution in [0.2, 0.25) is 0 Å². The van der Waals surface area contributed by atoms with Crippen molar-refractivity contribution in [2.45, 2.75) is 12.3 Å². The monoisotopic (exact) mass is 365 g/mol. The highest BCUT2D eigenvalue weighted by molar-refractivity contribution is 5.85. The number of piperazine rings is 1. The standard InChI is InChI=1S/C22H27N3O2/c1-24-12-14-25(15-13-24)22(27)17-23-21(26)16-20(18-8-4-2-5-9-18)19-10-6-3-7-11-19/h2-11,20H,12-17H2,1H3,(H,23,26). The SMILES string of the molecule is CN1CCN(C(=O)CNC(=O)CC(c2ccccc2)c2ccccc2)CC1. The van der Waals surface area contributed by atoms with Crippen LogP contribution in [0.25, 0.3) is 0 Å². The molecule has 2 aromatic carbocycles. The second-order valence-corrected chi connectivity index (χ2v) is 7.04. The van der Waals surface area contributed by atoms with E-state index < -0.39 is 0 Å². The number of nitrogens with zero attached hydrogens (tertiary/aromatic N) is 2. The minimum atomic E-state index is -0.102. The number of hydrogen-bond acceptors (Lipinski definition) is 3. The van der Waals surface area contributed by atoms with E-state index in [2.05, 4.69) is 17.3 Å². The van der Waals surface area contributed by atoms with Crippen LogP contribution in [0.15, 0.2) is 60.7 Å². The zero-order chi connectivity index (χ0) is 19.1. The van der Waals surface area contributed by atoms with Gasteiger partial charge in [-0.25, -0.2) is 0 Å². The molecule has 0 unspecified atom stereocenters. The average molecular weight is 365 g/mol. The summed E-state index contributed by atoms with van der Waals surface area (Å²) in [6.45, 7) is 3.27. The van der Waals surface area contributed by atoms with Gasteiger partial charge in [-0.1, -0.05) is 60.7 Å². The summed E-state index contributed by atoms with van der Waals surface area (Å²) >= 11 is 0. The third-order valence-electron chi connectivity index (χ3n) is 5.09. The minimum absolute atomic E-state index is 0.00702. The van der Waals surface area contributed by atoms with Crippen molar-refractivity contribution in [2.75, 3.05) is 39.8 Å². The summed E-state index contributed by atoms with van der Waals surface area (Å²) in [5.74, 6) is -0.131. The summed E-state index contributed by atoms with van der Waals surface area (Å²) in [6, 6.07) is 20.1. The molecular formula is C22H27N3O2. The Morgan fingerprint density at radius 2 is 1.41 bits per heavy atom. The second kappa shape index (κ2) is 9.33. The molecule has 1 fully saturated rings. The van der Waals surface area contributed by atoms with Gasteiger partial charge in [0.25, 0.3) is 0 Å². The Kier molecular flexibility index (Phi) is 6.60. The molecule has 0 aromatic heterocycles. The van der Waals surface area contributed by atoms with E-state index in [1.54, 1.807) is 0 Å². The molecule has 0 spiro atoms. The van der Waals surface area contributed by atoms with Gasteiger partial charge in [0.2, 0.25) is 11.8 Å². The van der Waals surface area contributed by atoms with Crippen molar-refractivity contribution in [1.82, 2.24) is 15.1 Å². The van der Waals surface area contributed by atoms with Gasteiger partial charge in [0.1, 0.15) is 0 Å². The highest BCUT2D eigenvalue weighted by Gasteiger charge is 2.21. The number of hydrogen-bond donors (Lipinski definition) is 1. The Hall–Kier alpha value is -2.66. The van der Waals surface area contributed by atoms with Gasteiger partial charge in [-0.15, -0.1) is 0 Å². The first-order valence-electron chi connectivity index (χ1n) is 9.46. The molecule has 1 N–H and O–H groups in total. The number of carbonyl (C=O) groups is 2. The number of amides is 2. The van der Waals surface area contributed by atoms with Crippen molar-refractivity contribution in [2.24, 2.45) is 0 Å². The molecule has 0 atom stereocenters. The van der Waals surface area contributed by atoms with Gasteiger partial charge in [0.05, 0.1) is 6.54 Å². The summed E-state index contributed by atoms with van der Waals surface area (Å²) in [7, 11) is 2.05. The highest BCUT2D eigenvalue weighted by atomic mass is 16.2. The number of rotatable bonds is 6. The molecule has 1 saturated heterocycles. The van der Waals surface area contributed by atoms with Crippen LogP contribution in [0.1, 0.15) is 23.5 Å². The molecule has 0 saturated carbocycles. The molecule has 5 heteroatoms. The van der Waals surface area contributed by atoms with Crippen LogP contribution in [-0.4, -0.2) is 61.4 Å². The van der Waals surface area contributed by atoms with Crippen molar-refractivity contribution >= 4 is 11.8 Å². The Bertz CT molecular complexity index is 701. The third-order valence-corrected chi connectivity index (χ3v) is 5.09. The summed E-state index contributed by atoms with van der Waals surface area (Å²) in [6.07, 6.45) is 0.323. The fourth-order valence-corrected chi connectivity index (χ4v) is 3.40. The van der Waals surface area contributed by atoms with E-state index in [0.29, 0.717) is 6.42 Å². The van der Waals surface area contributed by atoms with E-state index >= 15 is 0 Å². The van der Waals surface area contributed by atoms with Crippen molar-refractivity contribution in [3.8, 4) is 0 Å². The molecule has 5 nitrogen and oxygen atoms in total. The lowest BCUT2D eigenvalue weighted by Crippen LogP contribution is -2.50. The topological polar surface area (TPSA) is 52.6 Å². The molecule has 0 bridgehead atoms. The van der Waals surface area contributed by atoms with Gasteiger partial charge in [-0.2, -0.15) is 0 Å². The third kappa shape index (κ3) is 5.41. The van der Waals surface area contributed by atoms with Gasteiger partial charge in [0, 0.05) is 38.5 Å². The molecule has 1 aliphatic rings. The van der Waals surface area contributed by atoms with Gasteiger partial charge in [-0.05, 0) is 18.2 Å². The van der Waals surface area contributed by atoms with Crippen molar-refractivity contribution < 1.29 is 9.59 Å². The number of nitrogens with one attached hydrogen (secondary N) is 1. The first kappa shape index (κ1) is 19.1. The predicted octanol–water partition coefficient (Wildman–Crippen LogP) is 2.10. The lowest BCUT2D eigenvalue weighted by Gasteiger charge is -2.32. The first-order valence-corrected chi connectivity index (χ1v) is 9.46. The number of likely N-dealkylation sites (N-methyl/N-ethyl adjacent to an activating group) is 1. The Morgan fingerprint density at radius 3 is 1.93 bits per heavy atom. The molecule has 1 aliphatic heterocycles. The van der Waals surface area contributed by atoms with E-state index in [4.69, 9.17) is 0 Å². The zero-order valence-electron chi connectivity index (χ0n) is 15.8. The van der Waals surface area contributed by atoms with Gasteiger partial charge < -0.3 is 15.1 Å². The normalized spacial score (nSPS) is 15.0. The van der Waals surface area contributed by atoms with Gasteiger partial charge >= 0.3 is 0 Å².